The Morgan fingerprint density at radius 3 is 3.14 bits per heavy atom. The van der Waals surface area contributed by atoms with E-state index < -0.39 is 0 Å². The predicted molar refractivity (Wildman–Crippen MR) is 65.9 cm³/mol. The summed E-state index contributed by atoms with van der Waals surface area (Å²) in [6.07, 6.45) is 2.38. The molecule has 0 saturated heterocycles. The molecule has 0 aromatic heterocycles. The molecule has 0 bridgehead atoms. The van der Waals surface area contributed by atoms with E-state index >= 15 is 0 Å². The maximum atomic E-state index is 5.64. The Bertz CT molecular complexity index is 327. The largest absolute Gasteiger partial charge is 0.330 e. The van der Waals surface area contributed by atoms with Gasteiger partial charge in [0.05, 0.1) is 0 Å². The van der Waals surface area contributed by atoms with Gasteiger partial charge in [0, 0.05) is 9.37 Å². The van der Waals surface area contributed by atoms with Gasteiger partial charge in [0.1, 0.15) is 0 Å². The van der Waals surface area contributed by atoms with Crippen LogP contribution in [-0.4, -0.2) is 12.3 Å². The summed E-state index contributed by atoms with van der Waals surface area (Å²) < 4.78 is 1.18. The van der Waals surface area contributed by atoms with E-state index in [0.29, 0.717) is 5.92 Å². The SMILES string of the molecule is NCCC1CCSc2ccc(Br)cc21. The zero-order valence-electron chi connectivity index (χ0n) is 8.00. The van der Waals surface area contributed by atoms with Crippen LogP contribution in [0.1, 0.15) is 24.3 Å². The summed E-state index contributed by atoms with van der Waals surface area (Å²) in [6.45, 7) is 0.793. The molecular weight excluding hydrogens is 258 g/mol. The van der Waals surface area contributed by atoms with E-state index in [9.17, 15) is 0 Å². The minimum Gasteiger partial charge on any atom is -0.330 e. The lowest BCUT2D eigenvalue weighted by atomic mass is 9.93. The zero-order chi connectivity index (χ0) is 9.97. The lowest BCUT2D eigenvalue weighted by Crippen LogP contribution is -2.12. The molecular formula is C11H14BrNS. The minimum atomic E-state index is 0.675. The van der Waals surface area contributed by atoms with E-state index in [1.165, 1.54) is 27.1 Å². The third kappa shape index (κ3) is 2.15. The molecule has 1 heterocycles. The molecule has 1 unspecified atom stereocenters. The van der Waals surface area contributed by atoms with Crippen molar-refractivity contribution in [2.45, 2.75) is 23.7 Å². The molecule has 0 saturated carbocycles. The molecule has 2 N–H and O–H groups in total. The number of benzene rings is 1. The van der Waals surface area contributed by atoms with Crippen molar-refractivity contribution >= 4 is 27.7 Å². The molecule has 0 spiro atoms. The molecule has 1 aromatic carbocycles. The fourth-order valence-corrected chi connectivity index (χ4v) is 3.50. The third-order valence-electron chi connectivity index (χ3n) is 2.65. The van der Waals surface area contributed by atoms with E-state index in [4.69, 9.17) is 5.73 Å². The highest BCUT2D eigenvalue weighted by molar-refractivity contribution is 9.10. The van der Waals surface area contributed by atoms with Crippen LogP contribution in [0.3, 0.4) is 0 Å². The first kappa shape index (κ1) is 10.5. The van der Waals surface area contributed by atoms with Crippen molar-refractivity contribution in [3.63, 3.8) is 0 Å². The third-order valence-corrected chi connectivity index (χ3v) is 4.27. The Labute approximate surface area is 97.6 Å². The van der Waals surface area contributed by atoms with E-state index in [0.717, 1.165) is 13.0 Å². The van der Waals surface area contributed by atoms with Crippen LogP contribution in [0.5, 0.6) is 0 Å². The molecule has 1 aliphatic rings. The first-order chi connectivity index (χ1) is 6.81. The monoisotopic (exact) mass is 271 g/mol. The van der Waals surface area contributed by atoms with Crippen LogP contribution in [-0.2, 0) is 0 Å². The van der Waals surface area contributed by atoms with E-state index in [2.05, 4.69) is 34.1 Å². The highest BCUT2D eigenvalue weighted by Gasteiger charge is 2.19. The van der Waals surface area contributed by atoms with Crippen LogP contribution in [0.4, 0.5) is 0 Å². The van der Waals surface area contributed by atoms with Crippen molar-refractivity contribution in [1.29, 1.82) is 0 Å². The molecule has 1 aromatic rings. The van der Waals surface area contributed by atoms with Crippen molar-refractivity contribution in [3.05, 3.63) is 28.2 Å². The highest BCUT2D eigenvalue weighted by Crippen LogP contribution is 2.40. The van der Waals surface area contributed by atoms with Crippen molar-refractivity contribution in [3.8, 4) is 0 Å². The molecule has 0 amide bonds. The van der Waals surface area contributed by atoms with Gasteiger partial charge in [-0.05, 0) is 54.8 Å². The Balaban J connectivity index is 2.32. The normalized spacial score (nSPS) is 20.6. The highest BCUT2D eigenvalue weighted by atomic mass is 79.9. The average Bonchev–Trinajstić information content (AvgIpc) is 2.19. The lowest BCUT2D eigenvalue weighted by Gasteiger charge is -2.24. The minimum absolute atomic E-state index is 0.675. The number of hydrogen-bond acceptors (Lipinski definition) is 2. The molecule has 0 fully saturated rings. The van der Waals surface area contributed by atoms with Gasteiger partial charge in [0.2, 0.25) is 0 Å². The molecule has 1 atom stereocenters. The van der Waals surface area contributed by atoms with Gasteiger partial charge in [-0.3, -0.25) is 0 Å². The van der Waals surface area contributed by atoms with Gasteiger partial charge >= 0.3 is 0 Å². The Morgan fingerprint density at radius 1 is 1.50 bits per heavy atom. The van der Waals surface area contributed by atoms with Crippen LogP contribution in [0.2, 0.25) is 0 Å². The van der Waals surface area contributed by atoms with Gasteiger partial charge in [-0.15, -0.1) is 11.8 Å². The molecule has 2 rings (SSSR count). The van der Waals surface area contributed by atoms with Crippen molar-refractivity contribution in [2.75, 3.05) is 12.3 Å². The summed E-state index contributed by atoms with van der Waals surface area (Å²) in [7, 11) is 0. The van der Waals surface area contributed by atoms with Crippen molar-refractivity contribution < 1.29 is 0 Å². The van der Waals surface area contributed by atoms with E-state index in [-0.39, 0.29) is 0 Å². The Kier molecular flexibility index (Phi) is 3.52. The fourth-order valence-electron chi connectivity index (χ4n) is 1.94. The van der Waals surface area contributed by atoms with Gasteiger partial charge in [-0.2, -0.15) is 0 Å². The molecule has 0 aliphatic carbocycles. The number of thioether (sulfide) groups is 1. The van der Waals surface area contributed by atoms with Gasteiger partial charge in [0.25, 0.3) is 0 Å². The fraction of sp³-hybridized carbons (Fsp3) is 0.455. The molecule has 76 valence electrons. The first-order valence-electron chi connectivity index (χ1n) is 4.93. The smallest absolute Gasteiger partial charge is 0.0178 e. The summed E-state index contributed by atoms with van der Waals surface area (Å²) in [6, 6.07) is 6.59. The lowest BCUT2D eigenvalue weighted by molar-refractivity contribution is 0.601. The predicted octanol–water partition coefficient (Wildman–Crippen LogP) is 3.38. The topological polar surface area (TPSA) is 26.0 Å². The molecule has 1 aliphatic heterocycles. The molecule has 1 nitrogen and oxygen atoms in total. The number of halogens is 1. The number of rotatable bonds is 2. The van der Waals surface area contributed by atoms with Gasteiger partial charge in [-0.1, -0.05) is 15.9 Å². The second kappa shape index (κ2) is 4.69. The quantitative estimate of drug-likeness (QED) is 0.893. The van der Waals surface area contributed by atoms with Crippen molar-refractivity contribution in [2.24, 2.45) is 5.73 Å². The second-order valence-corrected chi connectivity index (χ2v) is 5.65. The average molecular weight is 272 g/mol. The standard InChI is InChI=1S/C11H14BrNS/c12-9-1-2-11-10(7-9)8(3-5-13)4-6-14-11/h1-2,7-8H,3-6,13H2. The Morgan fingerprint density at radius 2 is 2.36 bits per heavy atom. The van der Waals surface area contributed by atoms with Gasteiger partial charge in [0.15, 0.2) is 0 Å². The van der Waals surface area contributed by atoms with Crippen LogP contribution in [0, 0.1) is 0 Å². The molecule has 0 radical (unpaired) electrons. The Hall–Kier alpha value is 0.01000. The zero-order valence-corrected chi connectivity index (χ0v) is 10.4. The van der Waals surface area contributed by atoms with Crippen LogP contribution < -0.4 is 5.73 Å². The summed E-state index contributed by atoms with van der Waals surface area (Å²) in [5, 5.41) is 0. The maximum absolute atomic E-state index is 5.64. The first-order valence-corrected chi connectivity index (χ1v) is 6.71. The summed E-state index contributed by atoms with van der Waals surface area (Å²) >= 11 is 5.49. The summed E-state index contributed by atoms with van der Waals surface area (Å²) in [5.41, 5.74) is 7.12. The van der Waals surface area contributed by atoms with Crippen LogP contribution in [0.15, 0.2) is 27.6 Å². The second-order valence-electron chi connectivity index (χ2n) is 3.59. The summed E-state index contributed by atoms with van der Waals surface area (Å²) in [4.78, 5) is 1.44. The number of fused-ring (bicyclic) bond motifs is 1. The van der Waals surface area contributed by atoms with E-state index in [1.807, 2.05) is 11.8 Å². The van der Waals surface area contributed by atoms with E-state index in [1.54, 1.807) is 0 Å². The van der Waals surface area contributed by atoms with Crippen LogP contribution in [0.25, 0.3) is 0 Å². The van der Waals surface area contributed by atoms with Crippen molar-refractivity contribution in [1.82, 2.24) is 0 Å². The van der Waals surface area contributed by atoms with Crippen LogP contribution >= 0.6 is 27.7 Å². The van der Waals surface area contributed by atoms with Gasteiger partial charge in [-0.25, -0.2) is 0 Å². The molecule has 3 heteroatoms. The molecule has 14 heavy (non-hydrogen) atoms. The van der Waals surface area contributed by atoms with Gasteiger partial charge < -0.3 is 5.73 Å². The maximum Gasteiger partial charge on any atom is 0.0178 e. The number of hydrogen-bond donors (Lipinski definition) is 1. The summed E-state index contributed by atoms with van der Waals surface area (Å²) in [5.74, 6) is 1.91. The number of nitrogens with two attached hydrogens (primary N) is 1.